The molecule has 156 valence electrons. The van der Waals surface area contributed by atoms with E-state index in [4.69, 9.17) is 9.41 Å². The first-order valence-corrected chi connectivity index (χ1v) is 10.1. The van der Waals surface area contributed by atoms with Gasteiger partial charge in [-0.15, -0.1) is 24.0 Å². The van der Waals surface area contributed by atoms with Crippen LogP contribution in [0.5, 0.6) is 0 Å². The third kappa shape index (κ3) is 9.30. The molecule has 1 saturated heterocycles. The Hall–Kier alpha value is -0.800. The summed E-state index contributed by atoms with van der Waals surface area (Å²) >= 11 is 0. The van der Waals surface area contributed by atoms with Gasteiger partial charge in [0.15, 0.2) is 5.96 Å². The Labute approximate surface area is 182 Å². The molecule has 1 aliphatic heterocycles. The molecular weight excluding hydrogens is 453 g/mol. The van der Waals surface area contributed by atoms with E-state index in [-0.39, 0.29) is 30.0 Å². The second-order valence-corrected chi connectivity index (χ2v) is 7.25. The number of nitrogens with zero attached hydrogens (tertiary/aromatic N) is 3. The molecule has 2 N–H and O–H groups in total. The standard InChI is InChI=1S/C20H37N5O.HI/c1-4-21-20(22-12-10-15-25-13-7-5-6-8-14-25)23-17-18(24(2)3)19-11-9-16-26-19;/h9,11,16,18H,4-8,10,12-15,17H2,1-3H3,(H2,21,22,23);1H. The quantitative estimate of drug-likeness (QED) is 0.240. The fourth-order valence-corrected chi connectivity index (χ4v) is 3.38. The topological polar surface area (TPSA) is 56.0 Å². The van der Waals surface area contributed by atoms with Gasteiger partial charge in [0.25, 0.3) is 0 Å². The van der Waals surface area contributed by atoms with E-state index >= 15 is 0 Å². The molecule has 2 heterocycles. The zero-order valence-electron chi connectivity index (χ0n) is 17.2. The molecule has 2 rings (SSSR count). The van der Waals surface area contributed by atoms with Crippen LogP contribution in [-0.4, -0.2) is 69.1 Å². The van der Waals surface area contributed by atoms with Crippen molar-refractivity contribution in [3.8, 4) is 0 Å². The van der Waals surface area contributed by atoms with Gasteiger partial charge in [-0.05, 0) is 72.0 Å². The van der Waals surface area contributed by atoms with Gasteiger partial charge >= 0.3 is 0 Å². The van der Waals surface area contributed by atoms with Crippen molar-refractivity contribution in [1.29, 1.82) is 0 Å². The maximum absolute atomic E-state index is 5.57. The van der Waals surface area contributed by atoms with Crippen molar-refractivity contribution < 1.29 is 4.42 Å². The van der Waals surface area contributed by atoms with Crippen LogP contribution in [0.15, 0.2) is 27.8 Å². The van der Waals surface area contributed by atoms with Crippen LogP contribution in [0, 0.1) is 0 Å². The van der Waals surface area contributed by atoms with Crippen molar-refractivity contribution in [1.82, 2.24) is 20.4 Å². The van der Waals surface area contributed by atoms with Crippen LogP contribution in [-0.2, 0) is 0 Å². The third-order valence-electron chi connectivity index (χ3n) is 4.90. The predicted octanol–water partition coefficient (Wildman–Crippen LogP) is 3.32. The molecule has 1 fully saturated rings. The SMILES string of the molecule is CCNC(=NCC(c1ccco1)N(C)C)NCCCN1CCCCCC1.I. The van der Waals surface area contributed by atoms with Crippen LogP contribution >= 0.6 is 24.0 Å². The maximum Gasteiger partial charge on any atom is 0.191 e. The summed E-state index contributed by atoms with van der Waals surface area (Å²) in [5.41, 5.74) is 0. The monoisotopic (exact) mass is 491 g/mol. The molecule has 0 saturated carbocycles. The Morgan fingerprint density at radius 2 is 1.96 bits per heavy atom. The van der Waals surface area contributed by atoms with Gasteiger partial charge < -0.3 is 20.0 Å². The third-order valence-corrected chi connectivity index (χ3v) is 4.90. The Balaban J connectivity index is 0.00000364. The number of hydrogen-bond acceptors (Lipinski definition) is 4. The van der Waals surface area contributed by atoms with Crippen molar-refractivity contribution in [2.75, 3.05) is 53.4 Å². The lowest BCUT2D eigenvalue weighted by atomic mass is 10.2. The summed E-state index contributed by atoms with van der Waals surface area (Å²) in [5.74, 6) is 1.84. The van der Waals surface area contributed by atoms with Crippen LogP contribution in [0.4, 0.5) is 0 Å². The summed E-state index contributed by atoms with van der Waals surface area (Å²) in [7, 11) is 4.12. The summed E-state index contributed by atoms with van der Waals surface area (Å²) < 4.78 is 5.57. The molecule has 1 unspecified atom stereocenters. The number of likely N-dealkylation sites (tertiary alicyclic amines) is 1. The summed E-state index contributed by atoms with van der Waals surface area (Å²) in [4.78, 5) is 9.52. The van der Waals surface area contributed by atoms with Crippen molar-refractivity contribution in [2.24, 2.45) is 4.99 Å². The molecule has 1 aromatic rings. The van der Waals surface area contributed by atoms with Crippen molar-refractivity contribution in [3.05, 3.63) is 24.2 Å². The van der Waals surface area contributed by atoms with Gasteiger partial charge in [-0.3, -0.25) is 9.89 Å². The van der Waals surface area contributed by atoms with Crippen LogP contribution in [0.3, 0.4) is 0 Å². The minimum Gasteiger partial charge on any atom is -0.468 e. The molecule has 0 radical (unpaired) electrons. The second kappa shape index (κ2) is 14.2. The molecule has 1 atom stereocenters. The first-order valence-electron chi connectivity index (χ1n) is 10.1. The molecule has 7 heteroatoms. The van der Waals surface area contributed by atoms with Crippen LogP contribution in [0.25, 0.3) is 0 Å². The molecule has 0 bridgehead atoms. The highest BCUT2D eigenvalue weighted by Gasteiger charge is 2.16. The van der Waals surface area contributed by atoms with Gasteiger partial charge in [-0.1, -0.05) is 12.8 Å². The number of hydrogen-bond donors (Lipinski definition) is 2. The molecule has 0 spiro atoms. The molecule has 0 aromatic carbocycles. The largest absolute Gasteiger partial charge is 0.468 e. The second-order valence-electron chi connectivity index (χ2n) is 7.25. The van der Waals surface area contributed by atoms with E-state index in [0.29, 0.717) is 6.54 Å². The number of likely N-dealkylation sites (N-methyl/N-ethyl adjacent to an activating group) is 1. The van der Waals surface area contributed by atoms with Crippen molar-refractivity contribution in [2.45, 2.75) is 45.1 Å². The first kappa shape index (κ1) is 24.2. The average Bonchev–Trinajstić information content (AvgIpc) is 3.02. The van der Waals surface area contributed by atoms with Gasteiger partial charge in [-0.25, -0.2) is 0 Å². The van der Waals surface area contributed by atoms with E-state index in [1.807, 2.05) is 12.1 Å². The Kier molecular flexibility index (Phi) is 12.8. The molecule has 6 nitrogen and oxygen atoms in total. The van der Waals surface area contributed by atoms with E-state index in [0.717, 1.165) is 31.2 Å². The number of furan rings is 1. The Morgan fingerprint density at radius 3 is 2.56 bits per heavy atom. The highest BCUT2D eigenvalue weighted by atomic mass is 127. The van der Waals surface area contributed by atoms with Gasteiger partial charge in [0.2, 0.25) is 0 Å². The maximum atomic E-state index is 5.57. The zero-order chi connectivity index (χ0) is 18.6. The highest BCUT2D eigenvalue weighted by molar-refractivity contribution is 14.0. The number of aliphatic imine (C=N–C) groups is 1. The Morgan fingerprint density at radius 1 is 1.22 bits per heavy atom. The van der Waals surface area contributed by atoms with E-state index < -0.39 is 0 Å². The zero-order valence-corrected chi connectivity index (χ0v) is 19.6. The number of nitrogens with one attached hydrogen (secondary N) is 2. The molecule has 0 aliphatic carbocycles. The number of rotatable bonds is 9. The highest BCUT2D eigenvalue weighted by Crippen LogP contribution is 2.18. The molecule has 27 heavy (non-hydrogen) atoms. The van der Waals surface area contributed by atoms with Gasteiger partial charge in [0, 0.05) is 13.1 Å². The predicted molar refractivity (Wildman–Crippen MR) is 124 cm³/mol. The van der Waals surface area contributed by atoms with Crippen LogP contribution in [0.1, 0.15) is 50.8 Å². The van der Waals surface area contributed by atoms with Crippen LogP contribution in [0.2, 0.25) is 0 Å². The summed E-state index contributed by atoms with van der Waals surface area (Å²) in [6.45, 7) is 8.30. The van der Waals surface area contributed by atoms with E-state index in [9.17, 15) is 0 Å². The first-order chi connectivity index (χ1) is 12.7. The molecule has 0 amide bonds. The normalized spacial score (nSPS) is 17.3. The van der Waals surface area contributed by atoms with E-state index in [2.05, 4.69) is 41.5 Å². The Bertz CT molecular complexity index is 498. The van der Waals surface area contributed by atoms with Crippen LogP contribution < -0.4 is 10.6 Å². The van der Waals surface area contributed by atoms with Gasteiger partial charge in [0.1, 0.15) is 5.76 Å². The molecule has 1 aromatic heterocycles. The minimum atomic E-state index is 0. The van der Waals surface area contributed by atoms with Crippen molar-refractivity contribution >= 4 is 29.9 Å². The lowest BCUT2D eigenvalue weighted by Crippen LogP contribution is -2.39. The van der Waals surface area contributed by atoms with E-state index in [1.165, 1.54) is 45.3 Å². The van der Waals surface area contributed by atoms with Crippen molar-refractivity contribution in [3.63, 3.8) is 0 Å². The van der Waals surface area contributed by atoms with Gasteiger partial charge in [-0.2, -0.15) is 0 Å². The fourth-order valence-electron chi connectivity index (χ4n) is 3.38. The average molecular weight is 491 g/mol. The minimum absolute atomic E-state index is 0. The summed E-state index contributed by atoms with van der Waals surface area (Å²) in [5, 5.41) is 6.83. The lowest BCUT2D eigenvalue weighted by molar-refractivity contribution is 0.264. The lowest BCUT2D eigenvalue weighted by Gasteiger charge is -2.22. The fraction of sp³-hybridized carbons (Fsp3) is 0.750. The number of guanidine groups is 1. The molecule has 1 aliphatic rings. The smallest absolute Gasteiger partial charge is 0.191 e. The van der Waals surface area contributed by atoms with Gasteiger partial charge in [0.05, 0.1) is 18.8 Å². The molecular formula is C20H38IN5O. The van der Waals surface area contributed by atoms with E-state index in [1.54, 1.807) is 6.26 Å². The summed E-state index contributed by atoms with van der Waals surface area (Å²) in [6, 6.07) is 4.10. The summed E-state index contributed by atoms with van der Waals surface area (Å²) in [6.07, 6.45) is 8.39. The number of halogens is 1.